The van der Waals surface area contributed by atoms with Gasteiger partial charge in [-0.1, -0.05) is 0 Å². The molecule has 0 heterocycles. The highest BCUT2D eigenvalue weighted by Gasteiger charge is 2.74. The van der Waals surface area contributed by atoms with Gasteiger partial charge in [-0.3, -0.25) is 9.59 Å². The third kappa shape index (κ3) is 1.12. The Morgan fingerprint density at radius 2 is 2.07 bits per heavy atom. The molecular formula is C9H13NO5. The van der Waals surface area contributed by atoms with Crippen LogP contribution in [-0.4, -0.2) is 40.9 Å². The highest BCUT2D eigenvalue weighted by molar-refractivity contribution is 5.86. The Balaban J connectivity index is 2.26. The molecule has 0 spiro atoms. The fourth-order valence-electron chi connectivity index (χ4n) is 2.88. The van der Waals surface area contributed by atoms with Gasteiger partial charge in [0.2, 0.25) is 0 Å². The molecule has 2 aliphatic rings. The van der Waals surface area contributed by atoms with Crippen LogP contribution in [0.3, 0.4) is 0 Å². The quantitative estimate of drug-likeness (QED) is 0.564. The summed E-state index contributed by atoms with van der Waals surface area (Å²) in [5, 5.41) is 17.9. The molecule has 84 valence electrons. The summed E-state index contributed by atoms with van der Waals surface area (Å²) >= 11 is 0. The lowest BCUT2D eigenvalue weighted by Crippen LogP contribution is -2.58. The molecule has 2 rings (SSSR count). The number of rotatable bonds is 3. The van der Waals surface area contributed by atoms with Crippen molar-refractivity contribution in [3.05, 3.63) is 0 Å². The van der Waals surface area contributed by atoms with Gasteiger partial charge in [-0.05, 0) is 12.3 Å². The fourth-order valence-corrected chi connectivity index (χ4v) is 2.88. The van der Waals surface area contributed by atoms with Crippen LogP contribution < -0.4 is 5.73 Å². The monoisotopic (exact) mass is 215 g/mol. The van der Waals surface area contributed by atoms with Gasteiger partial charge in [0.05, 0.1) is 12.0 Å². The average molecular weight is 215 g/mol. The zero-order chi connectivity index (χ0) is 11.4. The summed E-state index contributed by atoms with van der Waals surface area (Å²) < 4.78 is 5.02. The van der Waals surface area contributed by atoms with E-state index in [0.717, 1.165) is 0 Å². The summed E-state index contributed by atoms with van der Waals surface area (Å²) in [7, 11) is 1.40. The number of carboxylic acids is 2. The first-order chi connectivity index (χ1) is 6.94. The van der Waals surface area contributed by atoms with Crippen LogP contribution >= 0.6 is 0 Å². The van der Waals surface area contributed by atoms with Gasteiger partial charge in [0.25, 0.3) is 0 Å². The second-order valence-electron chi connectivity index (χ2n) is 4.25. The lowest BCUT2D eigenvalue weighted by molar-refractivity contribution is -0.150. The van der Waals surface area contributed by atoms with Crippen molar-refractivity contribution in [3.8, 4) is 0 Å². The minimum Gasteiger partial charge on any atom is -0.481 e. The molecule has 0 bridgehead atoms. The van der Waals surface area contributed by atoms with Crippen LogP contribution in [0, 0.1) is 17.8 Å². The third-order valence-electron chi connectivity index (χ3n) is 3.68. The average Bonchev–Trinajstić information content (AvgIpc) is 2.80. The molecule has 6 heteroatoms. The van der Waals surface area contributed by atoms with E-state index in [0.29, 0.717) is 6.42 Å². The van der Waals surface area contributed by atoms with Crippen LogP contribution in [0.25, 0.3) is 0 Å². The standard InChI is InChI=1S/C9H13NO5/c1-15-4-2-3-5(7(11)12)6(3)9(4,10)8(13)14/h3-6H,2,10H2,1H3,(H,11,12)(H,13,14)/t3-,4+,5-,6-,9-/m0/s1. The first-order valence-electron chi connectivity index (χ1n) is 4.72. The van der Waals surface area contributed by atoms with Crippen molar-refractivity contribution in [1.82, 2.24) is 0 Å². The molecule has 0 unspecified atom stereocenters. The van der Waals surface area contributed by atoms with E-state index in [2.05, 4.69) is 0 Å². The van der Waals surface area contributed by atoms with E-state index in [-0.39, 0.29) is 5.92 Å². The molecule has 0 aromatic heterocycles. The van der Waals surface area contributed by atoms with Crippen molar-refractivity contribution in [2.75, 3.05) is 7.11 Å². The van der Waals surface area contributed by atoms with Crippen molar-refractivity contribution in [1.29, 1.82) is 0 Å². The van der Waals surface area contributed by atoms with Crippen molar-refractivity contribution < 1.29 is 24.5 Å². The second-order valence-corrected chi connectivity index (χ2v) is 4.25. The number of hydrogen-bond donors (Lipinski definition) is 3. The van der Waals surface area contributed by atoms with E-state index < -0.39 is 35.4 Å². The van der Waals surface area contributed by atoms with Gasteiger partial charge >= 0.3 is 11.9 Å². The van der Waals surface area contributed by atoms with Gasteiger partial charge in [0.15, 0.2) is 0 Å². The normalized spacial score (nSPS) is 47.3. The number of aliphatic carboxylic acids is 2. The number of carboxylic acid groups (broad SMARTS) is 2. The maximum absolute atomic E-state index is 11.1. The molecule has 4 N–H and O–H groups in total. The zero-order valence-electron chi connectivity index (χ0n) is 8.21. The predicted molar refractivity (Wildman–Crippen MR) is 48.1 cm³/mol. The van der Waals surface area contributed by atoms with E-state index in [1.54, 1.807) is 0 Å². The van der Waals surface area contributed by atoms with E-state index in [9.17, 15) is 9.59 Å². The van der Waals surface area contributed by atoms with Gasteiger partial charge in [0, 0.05) is 13.0 Å². The maximum atomic E-state index is 11.1. The topological polar surface area (TPSA) is 110 Å². The molecule has 2 fully saturated rings. The summed E-state index contributed by atoms with van der Waals surface area (Å²) in [6.45, 7) is 0. The van der Waals surface area contributed by atoms with Gasteiger partial charge in [0.1, 0.15) is 5.54 Å². The summed E-state index contributed by atoms with van der Waals surface area (Å²) in [6, 6.07) is 0. The number of fused-ring (bicyclic) bond motifs is 1. The molecule has 2 aliphatic carbocycles. The minimum atomic E-state index is -1.54. The molecule has 0 saturated heterocycles. The largest absolute Gasteiger partial charge is 0.481 e. The van der Waals surface area contributed by atoms with Crippen LogP contribution in [0.1, 0.15) is 6.42 Å². The Labute approximate surface area is 86.0 Å². The summed E-state index contributed by atoms with van der Waals surface area (Å²) in [4.78, 5) is 21.9. The molecule has 0 aromatic rings. The van der Waals surface area contributed by atoms with E-state index in [1.165, 1.54) is 7.11 Å². The van der Waals surface area contributed by atoms with Gasteiger partial charge in [-0.2, -0.15) is 0 Å². The Morgan fingerprint density at radius 1 is 1.47 bits per heavy atom. The summed E-state index contributed by atoms with van der Waals surface area (Å²) in [5.74, 6) is -3.38. The molecule has 2 saturated carbocycles. The van der Waals surface area contributed by atoms with E-state index >= 15 is 0 Å². The van der Waals surface area contributed by atoms with Gasteiger partial charge in [-0.25, -0.2) is 0 Å². The van der Waals surface area contributed by atoms with Gasteiger partial charge < -0.3 is 20.7 Å². The fraction of sp³-hybridized carbons (Fsp3) is 0.778. The molecule has 5 atom stereocenters. The minimum absolute atomic E-state index is 0.145. The van der Waals surface area contributed by atoms with Gasteiger partial charge in [-0.15, -0.1) is 0 Å². The van der Waals surface area contributed by atoms with Crippen LogP contribution in [-0.2, 0) is 14.3 Å². The molecule has 0 radical (unpaired) electrons. The summed E-state index contributed by atoms with van der Waals surface area (Å²) in [5.41, 5.74) is 4.24. The Hall–Kier alpha value is -1.14. The van der Waals surface area contributed by atoms with Crippen LogP contribution in [0.5, 0.6) is 0 Å². The molecule has 6 nitrogen and oxygen atoms in total. The highest BCUT2D eigenvalue weighted by atomic mass is 16.5. The first kappa shape index (κ1) is 10.4. The lowest BCUT2D eigenvalue weighted by atomic mass is 9.89. The Bertz CT molecular complexity index is 330. The van der Waals surface area contributed by atoms with E-state index in [1.807, 2.05) is 0 Å². The smallest absolute Gasteiger partial charge is 0.326 e. The Morgan fingerprint density at radius 3 is 2.47 bits per heavy atom. The summed E-state index contributed by atoms with van der Waals surface area (Å²) in [6.07, 6.45) is -0.165. The molecule has 15 heavy (non-hydrogen) atoms. The molecule has 0 aliphatic heterocycles. The number of hydrogen-bond acceptors (Lipinski definition) is 4. The van der Waals surface area contributed by atoms with Crippen molar-refractivity contribution in [3.63, 3.8) is 0 Å². The van der Waals surface area contributed by atoms with Crippen molar-refractivity contribution in [2.45, 2.75) is 18.1 Å². The lowest BCUT2D eigenvalue weighted by Gasteiger charge is -2.29. The van der Waals surface area contributed by atoms with E-state index in [4.69, 9.17) is 20.7 Å². The maximum Gasteiger partial charge on any atom is 0.326 e. The highest BCUT2D eigenvalue weighted by Crippen LogP contribution is 2.62. The molecule has 0 amide bonds. The number of nitrogens with two attached hydrogens (primary N) is 1. The van der Waals surface area contributed by atoms with Crippen LogP contribution in [0.4, 0.5) is 0 Å². The second kappa shape index (κ2) is 2.93. The SMILES string of the molecule is CO[C@@H]1C[C@H]2[C@H](C(=O)O)[C@H]2[C@]1(N)C(=O)O. The number of carbonyl (C=O) groups is 2. The van der Waals surface area contributed by atoms with Crippen LogP contribution in [0.15, 0.2) is 0 Å². The first-order valence-corrected chi connectivity index (χ1v) is 4.72. The zero-order valence-corrected chi connectivity index (χ0v) is 8.21. The predicted octanol–water partition coefficient (Wildman–Crippen LogP) is -0.866. The number of methoxy groups -OCH3 is 1. The molecule has 0 aromatic carbocycles. The third-order valence-corrected chi connectivity index (χ3v) is 3.68. The van der Waals surface area contributed by atoms with Crippen molar-refractivity contribution in [2.24, 2.45) is 23.5 Å². The van der Waals surface area contributed by atoms with Crippen LogP contribution in [0.2, 0.25) is 0 Å². The number of ether oxygens (including phenoxy) is 1. The Kier molecular flexibility index (Phi) is 2.03. The molecular weight excluding hydrogens is 202 g/mol. The van der Waals surface area contributed by atoms with Crippen molar-refractivity contribution >= 4 is 11.9 Å².